The number of phenolic OH excluding ortho intramolecular Hbond substituents is 2. The highest BCUT2D eigenvalue weighted by Crippen LogP contribution is 2.35. The molecule has 0 unspecified atom stereocenters. The number of amides is 1. The van der Waals surface area contributed by atoms with Gasteiger partial charge >= 0.3 is 0 Å². The lowest BCUT2D eigenvalue weighted by Crippen LogP contribution is -2.45. The topological polar surface area (TPSA) is 91.3 Å². The third-order valence-electron chi connectivity index (χ3n) is 6.32. The van der Waals surface area contributed by atoms with Crippen molar-refractivity contribution in [1.29, 1.82) is 0 Å². The number of aromatic hydroxyl groups is 2. The fraction of sp³-hybridized carbons (Fsp3) is 0.296. The van der Waals surface area contributed by atoms with E-state index in [1.165, 1.54) is 23.3 Å². The van der Waals surface area contributed by atoms with E-state index in [0.717, 1.165) is 37.3 Å². The molecule has 2 aliphatic rings. The van der Waals surface area contributed by atoms with Crippen LogP contribution in [0.5, 0.6) is 17.2 Å². The van der Waals surface area contributed by atoms with E-state index >= 15 is 0 Å². The fourth-order valence-electron chi connectivity index (χ4n) is 4.32. The number of nitrogens with one attached hydrogen (secondary N) is 1. The van der Waals surface area contributed by atoms with Gasteiger partial charge in [-0.2, -0.15) is 0 Å². The molecule has 5 rings (SSSR count). The molecule has 2 aliphatic heterocycles. The summed E-state index contributed by atoms with van der Waals surface area (Å²) < 4.78 is 11.1. The molecule has 0 aromatic heterocycles. The third-order valence-corrected chi connectivity index (χ3v) is 6.32. The molecule has 34 heavy (non-hydrogen) atoms. The zero-order valence-corrected chi connectivity index (χ0v) is 18.9. The standard InChI is InChI=1S/C27H28N2O5/c30-23-11-24(31)26(25(12-23)34-15-18-4-2-1-3-5-18)27(32)29-9-8-20-7-6-19(10-21(20)14-29)13-28-22-16-33-17-22/h1-7,10-12,22,28,30-31H,8-9,13-17H2. The molecule has 0 aliphatic carbocycles. The number of benzene rings is 3. The van der Waals surface area contributed by atoms with Crippen molar-refractivity contribution < 1.29 is 24.5 Å². The first-order chi connectivity index (χ1) is 16.6. The highest BCUT2D eigenvalue weighted by molar-refractivity contribution is 6.00. The van der Waals surface area contributed by atoms with Gasteiger partial charge in [0.2, 0.25) is 0 Å². The van der Waals surface area contributed by atoms with Gasteiger partial charge in [0.15, 0.2) is 0 Å². The summed E-state index contributed by atoms with van der Waals surface area (Å²) in [6.07, 6.45) is 0.740. The number of carbonyl (C=O) groups is 1. The van der Waals surface area contributed by atoms with Gasteiger partial charge in [0.1, 0.15) is 29.4 Å². The molecule has 0 atom stereocenters. The van der Waals surface area contributed by atoms with Crippen molar-refractivity contribution in [3.8, 4) is 17.2 Å². The molecule has 1 fully saturated rings. The van der Waals surface area contributed by atoms with Gasteiger partial charge in [-0.1, -0.05) is 48.5 Å². The number of hydrogen-bond donors (Lipinski definition) is 3. The lowest BCUT2D eigenvalue weighted by atomic mass is 9.96. The van der Waals surface area contributed by atoms with E-state index in [-0.39, 0.29) is 35.3 Å². The maximum absolute atomic E-state index is 13.5. The maximum Gasteiger partial charge on any atom is 0.261 e. The Kier molecular flexibility index (Phi) is 6.38. The minimum absolute atomic E-state index is 0.0694. The summed E-state index contributed by atoms with van der Waals surface area (Å²) in [5.41, 5.74) is 4.49. The summed E-state index contributed by atoms with van der Waals surface area (Å²) in [4.78, 5) is 15.2. The van der Waals surface area contributed by atoms with Crippen molar-refractivity contribution in [2.45, 2.75) is 32.2 Å². The summed E-state index contributed by atoms with van der Waals surface area (Å²) in [6.45, 7) is 3.46. The second-order valence-corrected chi connectivity index (χ2v) is 8.81. The predicted molar refractivity (Wildman–Crippen MR) is 127 cm³/mol. The summed E-state index contributed by atoms with van der Waals surface area (Å²) in [5, 5.41) is 24.0. The second-order valence-electron chi connectivity index (χ2n) is 8.81. The van der Waals surface area contributed by atoms with E-state index in [2.05, 4.69) is 23.5 Å². The van der Waals surface area contributed by atoms with E-state index in [0.29, 0.717) is 19.1 Å². The Bertz CT molecular complexity index is 1180. The lowest BCUT2D eigenvalue weighted by Gasteiger charge is -2.30. The van der Waals surface area contributed by atoms with Crippen LogP contribution in [0.15, 0.2) is 60.7 Å². The largest absolute Gasteiger partial charge is 0.508 e. The number of rotatable bonds is 7. The Morgan fingerprint density at radius 2 is 1.85 bits per heavy atom. The van der Waals surface area contributed by atoms with E-state index < -0.39 is 0 Å². The summed E-state index contributed by atoms with van der Waals surface area (Å²) >= 11 is 0. The Morgan fingerprint density at radius 1 is 1.03 bits per heavy atom. The normalized spacial score (nSPS) is 15.5. The molecule has 1 amide bonds. The minimum Gasteiger partial charge on any atom is -0.508 e. The predicted octanol–water partition coefficient (Wildman–Crippen LogP) is 3.36. The number of hydrogen-bond acceptors (Lipinski definition) is 6. The van der Waals surface area contributed by atoms with Crippen molar-refractivity contribution in [3.63, 3.8) is 0 Å². The first kappa shape index (κ1) is 22.3. The first-order valence-corrected chi connectivity index (χ1v) is 11.5. The zero-order chi connectivity index (χ0) is 23.5. The number of nitrogens with zero attached hydrogens (tertiary/aromatic N) is 1. The van der Waals surface area contributed by atoms with Crippen LogP contribution in [0.25, 0.3) is 0 Å². The van der Waals surface area contributed by atoms with Gasteiger partial charge in [-0.25, -0.2) is 0 Å². The maximum atomic E-state index is 13.5. The molecule has 3 N–H and O–H groups in total. The SMILES string of the molecule is O=C(c1c(O)cc(O)cc1OCc1ccccc1)N1CCc2ccc(CNC3COC3)cc2C1. The van der Waals surface area contributed by atoms with E-state index in [1.54, 1.807) is 4.90 Å². The van der Waals surface area contributed by atoms with Crippen LogP contribution in [0.1, 0.15) is 32.6 Å². The van der Waals surface area contributed by atoms with Gasteiger partial charge in [-0.15, -0.1) is 0 Å². The summed E-state index contributed by atoms with van der Waals surface area (Å²) in [7, 11) is 0. The molecule has 7 nitrogen and oxygen atoms in total. The minimum atomic E-state index is -0.318. The molecule has 2 heterocycles. The van der Waals surface area contributed by atoms with Gasteiger partial charge in [0.25, 0.3) is 5.91 Å². The second kappa shape index (κ2) is 9.75. The monoisotopic (exact) mass is 460 g/mol. The Balaban J connectivity index is 1.33. The van der Waals surface area contributed by atoms with E-state index in [4.69, 9.17) is 9.47 Å². The van der Waals surface area contributed by atoms with Crippen LogP contribution < -0.4 is 10.1 Å². The van der Waals surface area contributed by atoms with Crippen molar-refractivity contribution in [2.75, 3.05) is 19.8 Å². The van der Waals surface area contributed by atoms with Crippen LogP contribution in [0, 0.1) is 0 Å². The van der Waals surface area contributed by atoms with Gasteiger partial charge in [-0.3, -0.25) is 4.79 Å². The Labute approximate surface area is 198 Å². The molecular weight excluding hydrogens is 432 g/mol. The van der Waals surface area contributed by atoms with Gasteiger partial charge < -0.3 is 29.9 Å². The third kappa shape index (κ3) is 4.85. The van der Waals surface area contributed by atoms with Crippen LogP contribution in [0.2, 0.25) is 0 Å². The van der Waals surface area contributed by atoms with Crippen LogP contribution in [-0.4, -0.2) is 46.8 Å². The number of ether oxygens (including phenoxy) is 2. The van der Waals surface area contributed by atoms with E-state index in [1.807, 2.05) is 30.3 Å². The number of fused-ring (bicyclic) bond motifs is 1. The van der Waals surface area contributed by atoms with Crippen LogP contribution in [0.3, 0.4) is 0 Å². The number of carbonyl (C=O) groups excluding carboxylic acids is 1. The lowest BCUT2D eigenvalue weighted by molar-refractivity contribution is -0.00579. The molecular formula is C27H28N2O5. The molecule has 7 heteroatoms. The average Bonchev–Trinajstić information content (AvgIpc) is 2.81. The fourth-order valence-corrected chi connectivity index (χ4v) is 4.32. The van der Waals surface area contributed by atoms with Crippen LogP contribution in [0.4, 0.5) is 0 Å². The Morgan fingerprint density at radius 3 is 2.62 bits per heavy atom. The average molecular weight is 461 g/mol. The Hall–Kier alpha value is -3.55. The molecule has 0 saturated carbocycles. The quantitative estimate of drug-likeness (QED) is 0.501. The molecule has 0 bridgehead atoms. The smallest absolute Gasteiger partial charge is 0.261 e. The van der Waals surface area contributed by atoms with Crippen LogP contribution >= 0.6 is 0 Å². The van der Waals surface area contributed by atoms with Gasteiger partial charge in [0, 0.05) is 31.8 Å². The van der Waals surface area contributed by atoms with Gasteiger partial charge in [0.05, 0.1) is 19.3 Å². The molecule has 0 spiro atoms. The zero-order valence-electron chi connectivity index (χ0n) is 18.9. The van der Waals surface area contributed by atoms with Crippen molar-refractivity contribution in [3.05, 3.63) is 88.5 Å². The van der Waals surface area contributed by atoms with Crippen molar-refractivity contribution in [2.24, 2.45) is 0 Å². The van der Waals surface area contributed by atoms with Crippen LogP contribution in [-0.2, 0) is 30.9 Å². The molecule has 3 aromatic rings. The van der Waals surface area contributed by atoms with Crippen molar-refractivity contribution >= 4 is 5.91 Å². The number of phenols is 2. The van der Waals surface area contributed by atoms with Crippen molar-refractivity contribution in [1.82, 2.24) is 10.2 Å². The van der Waals surface area contributed by atoms with Gasteiger partial charge in [-0.05, 0) is 28.7 Å². The molecule has 1 saturated heterocycles. The summed E-state index contributed by atoms with van der Waals surface area (Å²) in [6, 6.07) is 18.9. The van der Waals surface area contributed by atoms with E-state index in [9.17, 15) is 15.0 Å². The first-order valence-electron chi connectivity index (χ1n) is 11.5. The molecule has 0 radical (unpaired) electrons. The highest BCUT2D eigenvalue weighted by Gasteiger charge is 2.28. The molecule has 176 valence electrons. The molecule has 3 aromatic carbocycles. The summed E-state index contributed by atoms with van der Waals surface area (Å²) in [5.74, 6) is -0.603. The highest BCUT2D eigenvalue weighted by atomic mass is 16.5.